The Morgan fingerprint density at radius 1 is 0.786 bits per heavy atom. The van der Waals surface area contributed by atoms with Crippen molar-refractivity contribution in [2.75, 3.05) is 0 Å². The van der Waals surface area contributed by atoms with E-state index in [-0.39, 0.29) is 0 Å². The molecular formula is C12H16B2. The van der Waals surface area contributed by atoms with Gasteiger partial charge in [0.2, 0.25) is 0 Å². The Kier molecular flexibility index (Phi) is 3.47. The first-order valence-electron chi connectivity index (χ1n) is 5.12. The van der Waals surface area contributed by atoms with E-state index in [4.69, 9.17) is 15.7 Å². The lowest BCUT2D eigenvalue weighted by atomic mass is 9.71. The molecule has 0 atom stereocenters. The van der Waals surface area contributed by atoms with E-state index in [1.54, 1.807) is 0 Å². The largest absolute Gasteiger partial charge is 0.113 e. The summed E-state index contributed by atoms with van der Waals surface area (Å²) in [6, 6.07) is 4.18. The van der Waals surface area contributed by atoms with Crippen LogP contribution < -0.4 is 10.9 Å². The van der Waals surface area contributed by atoms with Crippen molar-refractivity contribution in [3.63, 3.8) is 0 Å². The van der Waals surface area contributed by atoms with Gasteiger partial charge in [-0.1, -0.05) is 61.9 Å². The summed E-state index contributed by atoms with van der Waals surface area (Å²) in [5.41, 5.74) is 3.80. The molecule has 0 aliphatic rings. The summed E-state index contributed by atoms with van der Waals surface area (Å²) in [7, 11) is 12.0. The SMILES string of the molecule is [B]c1c(C(C)C)ccc(C(C)C)c1[B]. The third-order valence-corrected chi connectivity index (χ3v) is 2.60. The quantitative estimate of drug-likeness (QED) is 0.608. The summed E-state index contributed by atoms with van der Waals surface area (Å²) in [5, 5.41) is 0. The van der Waals surface area contributed by atoms with Gasteiger partial charge in [0, 0.05) is 0 Å². The van der Waals surface area contributed by atoms with Crippen molar-refractivity contribution in [2.45, 2.75) is 39.5 Å². The number of rotatable bonds is 2. The van der Waals surface area contributed by atoms with Gasteiger partial charge in [-0.25, -0.2) is 0 Å². The van der Waals surface area contributed by atoms with Gasteiger partial charge in [0.15, 0.2) is 0 Å². The normalized spacial score (nSPS) is 11.3. The Morgan fingerprint density at radius 3 is 1.29 bits per heavy atom. The average molecular weight is 182 g/mol. The van der Waals surface area contributed by atoms with Crippen LogP contribution in [0, 0.1) is 0 Å². The van der Waals surface area contributed by atoms with Gasteiger partial charge in [0.05, 0.1) is 0 Å². The first-order valence-corrected chi connectivity index (χ1v) is 5.12. The Hall–Kier alpha value is -0.650. The van der Waals surface area contributed by atoms with Gasteiger partial charge in [-0.2, -0.15) is 0 Å². The van der Waals surface area contributed by atoms with Crippen molar-refractivity contribution >= 4 is 26.6 Å². The maximum absolute atomic E-state index is 6.00. The minimum atomic E-state index is 0.429. The minimum Gasteiger partial charge on any atom is -0.0999 e. The third kappa shape index (κ3) is 2.05. The van der Waals surface area contributed by atoms with E-state index in [2.05, 4.69) is 39.8 Å². The zero-order chi connectivity index (χ0) is 10.9. The molecule has 1 aromatic carbocycles. The average Bonchev–Trinajstić information content (AvgIpc) is 2.08. The molecule has 0 N–H and O–H groups in total. The molecule has 1 aromatic rings. The van der Waals surface area contributed by atoms with Crippen molar-refractivity contribution in [1.29, 1.82) is 0 Å². The number of hydrogen-bond donors (Lipinski definition) is 0. The Balaban J connectivity index is 3.26. The smallest absolute Gasteiger partial charge is 0.0999 e. The Labute approximate surface area is 89.9 Å². The minimum absolute atomic E-state index is 0.429. The molecule has 2 heteroatoms. The second-order valence-corrected chi connectivity index (χ2v) is 4.38. The Bertz CT molecular complexity index is 294. The molecule has 0 aromatic heterocycles. The Morgan fingerprint density at radius 2 is 1.07 bits per heavy atom. The first kappa shape index (κ1) is 11.4. The van der Waals surface area contributed by atoms with Gasteiger partial charge < -0.3 is 0 Å². The molecule has 0 unspecified atom stereocenters. The molecule has 0 saturated carbocycles. The van der Waals surface area contributed by atoms with Crippen LogP contribution in [0.3, 0.4) is 0 Å². The highest BCUT2D eigenvalue weighted by molar-refractivity contribution is 6.49. The van der Waals surface area contributed by atoms with E-state index in [0.29, 0.717) is 11.8 Å². The molecule has 70 valence electrons. The fraction of sp³-hybridized carbons (Fsp3) is 0.500. The van der Waals surface area contributed by atoms with E-state index < -0.39 is 0 Å². The fourth-order valence-electron chi connectivity index (χ4n) is 1.68. The molecule has 0 heterocycles. The molecule has 0 nitrogen and oxygen atoms in total. The molecule has 0 fully saturated rings. The van der Waals surface area contributed by atoms with Gasteiger partial charge in [0.25, 0.3) is 0 Å². The van der Waals surface area contributed by atoms with Crippen LogP contribution in [0.25, 0.3) is 0 Å². The van der Waals surface area contributed by atoms with Crippen LogP contribution in [-0.4, -0.2) is 15.7 Å². The highest BCUT2D eigenvalue weighted by Gasteiger charge is 2.09. The van der Waals surface area contributed by atoms with E-state index in [0.717, 1.165) is 22.1 Å². The number of hydrogen-bond acceptors (Lipinski definition) is 0. The van der Waals surface area contributed by atoms with Crippen LogP contribution in [0.2, 0.25) is 0 Å². The summed E-state index contributed by atoms with van der Waals surface area (Å²) in [6.45, 7) is 8.50. The third-order valence-electron chi connectivity index (χ3n) is 2.60. The zero-order valence-electron chi connectivity index (χ0n) is 9.46. The molecule has 0 amide bonds. The summed E-state index contributed by atoms with van der Waals surface area (Å²) < 4.78 is 0. The first-order chi connectivity index (χ1) is 6.45. The van der Waals surface area contributed by atoms with Gasteiger partial charge in [-0.05, 0) is 11.8 Å². The van der Waals surface area contributed by atoms with Gasteiger partial charge in [-0.15, -0.1) is 0 Å². The van der Waals surface area contributed by atoms with Crippen molar-refractivity contribution < 1.29 is 0 Å². The molecule has 1 rings (SSSR count). The predicted molar refractivity (Wildman–Crippen MR) is 65.4 cm³/mol. The fourth-order valence-corrected chi connectivity index (χ4v) is 1.68. The summed E-state index contributed by atoms with van der Waals surface area (Å²) in [5.74, 6) is 0.858. The highest BCUT2D eigenvalue weighted by atomic mass is 14.1. The molecule has 0 spiro atoms. The van der Waals surface area contributed by atoms with Crippen LogP contribution >= 0.6 is 0 Å². The summed E-state index contributed by atoms with van der Waals surface area (Å²) in [4.78, 5) is 0. The van der Waals surface area contributed by atoms with Crippen molar-refractivity contribution in [3.05, 3.63) is 23.3 Å². The topological polar surface area (TPSA) is 0 Å². The van der Waals surface area contributed by atoms with Crippen LogP contribution in [0.15, 0.2) is 12.1 Å². The van der Waals surface area contributed by atoms with Crippen LogP contribution in [0.4, 0.5) is 0 Å². The molecule has 0 aliphatic heterocycles. The lowest BCUT2D eigenvalue weighted by molar-refractivity contribution is 0.856. The summed E-state index contributed by atoms with van der Waals surface area (Å²) in [6.07, 6.45) is 0. The van der Waals surface area contributed by atoms with Crippen molar-refractivity contribution in [3.8, 4) is 0 Å². The van der Waals surface area contributed by atoms with Gasteiger partial charge >= 0.3 is 0 Å². The molecule has 0 aliphatic carbocycles. The molecule has 14 heavy (non-hydrogen) atoms. The van der Waals surface area contributed by atoms with E-state index >= 15 is 0 Å². The maximum atomic E-state index is 6.00. The van der Waals surface area contributed by atoms with Crippen LogP contribution in [0.1, 0.15) is 50.7 Å². The van der Waals surface area contributed by atoms with Crippen LogP contribution in [0.5, 0.6) is 0 Å². The summed E-state index contributed by atoms with van der Waals surface area (Å²) >= 11 is 0. The molecule has 0 saturated heterocycles. The second kappa shape index (κ2) is 4.25. The predicted octanol–water partition coefficient (Wildman–Crippen LogP) is 1.52. The van der Waals surface area contributed by atoms with E-state index in [9.17, 15) is 0 Å². The second-order valence-electron chi connectivity index (χ2n) is 4.38. The van der Waals surface area contributed by atoms with E-state index in [1.807, 2.05) is 0 Å². The van der Waals surface area contributed by atoms with Gasteiger partial charge in [0.1, 0.15) is 15.7 Å². The van der Waals surface area contributed by atoms with E-state index in [1.165, 1.54) is 0 Å². The monoisotopic (exact) mass is 182 g/mol. The van der Waals surface area contributed by atoms with Crippen molar-refractivity contribution in [2.24, 2.45) is 0 Å². The molecule has 4 radical (unpaired) electrons. The maximum Gasteiger partial charge on any atom is 0.113 e. The number of benzene rings is 1. The van der Waals surface area contributed by atoms with Crippen LogP contribution in [-0.2, 0) is 0 Å². The van der Waals surface area contributed by atoms with Gasteiger partial charge in [-0.3, -0.25) is 0 Å². The van der Waals surface area contributed by atoms with Crippen molar-refractivity contribution in [1.82, 2.24) is 0 Å². The highest BCUT2D eigenvalue weighted by Crippen LogP contribution is 2.15. The standard InChI is InChI=1S/C12H16B2/c1-7(2)9-5-6-10(8(3)4)12(14)11(9)13/h5-8H,1-4H3. The zero-order valence-corrected chi connectivity index (χ0v) is 9.46. The molecular weight excluding hydrogens is 166 g/mol. The lowest BCUT2D eigenvalue weighted by Crippen LogP contribution is -2.33. The lowest BCUT2D eigenvalue weighted by Gasteiger charge is -2.18. The molecule has 0 bridgehead atoms.